The topological polar surface area (TPSA) is 68.5 Å². The van der Waals surface area contributed by atoms with Crippen molar-refractivity contribution >= 4 is 17.1 Å². The number of nitrogens with zero attached hydrogens (tertiary/aromatic N) is 3. The second-order valence-electron chi connectivity index (χ2n) is 5.03. The van der Waals surface area contributed by atoms with Crippen LogP contribution >= 0.6 is 11.3 Å². The number of thiophene rings is 1. The highest BCUT2D eigenvalue weighted by atomic mass is 32.1. The fourth-order valence-electron chi connectivity index (χ4n) is 2.42. The molecule has 1 fully saturated rings. The Morgan fingerprint density at radius 3 is 3.19 bits per heavy atom. The molecule has 0 aromatic carbocycles. The first-order valence-electron chi connectivity index (χ1n) is 6.90. The summed E-state index contributed by atoms with van der Waals surface area (Å²) in [6.45, 7) is 4.36. The summed E-state index contributed by atoms with van der Waals surface area (Å²) in [6, 6.07) is 3.82. The van der Waals surface area contributed by atoms with Gasteiger partial charge in [0, 0.05) is 25.9 Å². The van der Waals surface area contributed by atoms with Crippen LogP contribution in [0, 0.1) is 6.92 Å². The van der Waals surface area contributed by atoms with Gasteiger partial charge in [-0.25, -0.2) is 0 Å². The maximum Gasteiger partial charge on any atom is 0.223 e. The van der Waals surface area contributed by atoms with Gasteiger partial charge in [-0.1, -0.05) is 11.2 Å². The van der Waals surface area contributed by atoms with E-state index in [1.807, 2.05) is 17.5 Å². The molecule has 0 bridgehead atoms. The van der Waals surface area contributed by atoms with Crippen LogP contribution in [-0.4, -0.2) is 46.6 Å². The number of ketones is 1. The van der Waals surface area contributed by atoms with Crippen LogP contribution in [0.1, 0.15) is 27.8 Å². The van der Waals surface area contributed by atoms with Crippen LogP contribution in [0.4, 0.5) is 0 Å². The van der Waals surface area contributed by atoms with Crippen LogP contribution < -0.4 is 0 Å². The van der Waals surface area contributed by atoms with E-state index in [4.69, 9.17) is 9.26 Å². The molecule has 112 valence electrons. The zero-order valence-corrected chi connectivity index (χ0v) is 12.6. The number of ether oxygens (including phenoxy) is 1. The number of aromatic nitrogens is 2. The largest absolute Gasteiger partial charge is 0.378 e. The second-order valence-corrected chi connectivity index (χ2v) is 5.98. The Morgan fingerprint density at radius 2 is 2.48 bits per heavy atom. The van der Waals surface area contributed by atoms with Crippen molar-refractivity contribution in [2.45, 2.75) is 25.9 Å². The molecule has 1 aliphatic heterocycles. The summed E-state index contributed by atoms with van der Waals surface area (Å²) >= 11 is 1.48. The molecule has 2 aromatic heterocycles. The Hall–Kier alpha value is -1.57. The van der Waals surface area contributed by atoms with Crippen molar-refractivity contribution in [2.75, 3.05) is 19.8 Å². The molecule has 0 radical (unpaired) electrons. The van der Waals surface area contributed by atoms with E-state index in [2.05, 4.69) is 15.0 Å². The molecule has 0 amide bonds. The molecule has 0 saturated carbocycles. The number of morpholine rings is 1. The third kappa shape index (κ3) is 3.55. The van der Waals surface area contributed by atoms with Crippen LogP contribution in [-0.2, 0) is 11.3 Å². The fourth-order valence-corrected chi connectivity index (χ4v) is 3.10. The molecule has 0 aliphatic carbocycles. The minimum atomic E-state index is 0.0622. The highest BCUT2D eigenvalue weighted by Gasteiger charge is 2.27. The molecular weight excluding hydrogens is 290 g/mol. The molecule has 0 N–H and O–H groups in total. The smallest absolute Gasteiger partial charge is 0.223 e. The second kappa shape index (κ2) is 6.46. The van der Waals surface area contributed by atoms with Gasteiger partial charge in [-0.05, 0) is 11.4 Å². The standard InChI is InChI=1S/C14H17N3O3S/c1-10-15-14(16-20-10)8-17-4-5-19-9-11(17)7-12(18)13-3-2-6-21-13/h2-3,6,11H,4-5,7-9H2,1H3/t11-/m1/s1. The van der Waals surface area contributed by atoms with Gasteiger partial charge in [-0.2, -0.15) is 4.98 Å². The Labute approximate surface area is 126 Å². The Morgan fingerprint density at radius 1 is 1.57 bits per heavy atom. The molecule has 7 heteroatoms. The number of carbonyl (C=O) groups excluding carboxylic acids is 1. The van der Waals surface area contributed by atoms with Gasteiger partial charge in [-0.3, -0.25) is 9.69 Å². The lowest BCUT2D eigenvalue weighted by Gasteiger charge is -2.34. The number of hydrogen-bond acceptors (Lipinski definition) is 7. The molecular formula is C14H17N3O3S. The number of hydrogen-bond donors (Lipinski definition) is 0. The number of Topliss-reactive ketones (excluding diaryl/α,β-unsaturated/α-hetero) is 1. The first kappa shape index (κ1) is 14.4. The lowest BCUT2D eigenvalue weighted by Crippen LogP contribution is -2.46. The average molecular weight is 307 g/mol. The van der Waals surface area contributed by atoms with E-state index in [1.54, 1.807) is 6.92 Å². The summed E-state index contributed by atoms with van der Waals surface area (Å²) in [5.41, 5.74) is 0. The van der Waals surface area contributed by atoms with Crippen molar-refractivity contribution in [1.82, 2.24) is 15.0 Å². The average Bonchev–Trinajstić information content (AvgIpc) is 3.13. The van der Waals surface area contributed by atoms with Gasteiger partial charge in [0.25, 0.3) is 0 Å². The van der Waals surface area contributed by atoms with Crippen LogP contribution in [0.2, 0.25) is 0 Å². The molecule has 3 heterocycles. The van der Waals surface area contributed by atoms with Crippen molar-refractivity contribution in [3.05, 3.63) is 34.1 Å². The Bertz CT molecular complexity index is 596. The van der Waals surface area contributed by atoms with E-state index in [0.29, 0.717) is 37.9 Å². The molecule has 6 nitrogen and oxygen atoms in total. The third-order valence-electron chi connectivity index (χ3n) is 3.48. The van der Waals surface area contributed by atoms with Crippen molar-refractivity contribution in [2.24, 2.45) is 0 Å². The predicted octanol–water partition coefficient (Wildman–Crippen LogP) is 1.91. The van der Waals surface area contributed by atoms with Crippen LogP contribution in [0.5, 0.6) is 0 Å². The van der Waals surface area contributed by atoms with Crippen molar-refractivity contribution in [3.8, 4) is 0 Å². The molecule has 3 rings (SSSR count). The van der Waals surface area contributed by atoms with Crippen LogP contribution in [0.15, 0.2) is 22.0 Å². The Balaban J connectivity index is 1.65. The van der Waals surface area contributed by atoms with Gasteiger partial charge in [0.2, 0.25) is 5.89 Å². The SMILES string of the molecule is Cc1nc(CN2CCOC[C@H]2CC(=O)c2cccs2)no1. The first-order valence-corrected chi connectivity index (χ1v) is 7.78. The van der Waals surface area contributed by atoms with E-state index in [-0.39, 0.29) is 11.8 Å². The number of aryl methyl sites for hydroxylation is 1. The normalized spacial score (nSPS) is 19.8. The van der Waals surface area contributed by atoms with Gasteiger partial charge in [-0.15, -0.1) is 11.3 Å². The maximum atomic E-state index is 12.3. The lowest BCUT2D eigenvalue weighted by atomic mass is 10.1. The number of carbonyl (C=O) groups is 1. The van der Waals surface area contributed by atoms with Gasteiger partial charge in [0.05, 0.1) is 24.6 Å². The molecule has 0 spiro atoms. The van der Waals surface area contributed by atoms with Gasteiger partial charge >= 0.3 is 0 Å². The summed E-state index contributed by atoms with van der Waals surface area (Å²) in [6.07, 6.45) is 0.456. The monoisotopic (exact) mass is 307 g/mol. The molecule has 2 aromatic rings. The van der Waals surface area contributed by atoms with Crippen molar-refractivity contribution < 1.29 is 14.1 Å². The zero-order chi connectivity index (χ0) is 14.7. The van der Waals surface area contributed by atoms with Gasteiger partial charge in [0.1, 0.15) is 0 Å². The molecule has 1 atom stereocenters. The molecule has 1 aliphatic rings. The van der Waals surface area contributed by atoms with E-state index >= 15 is 0 Å². The minimum absolute atomic E-state index is 0.0622. The third-order valence-corrected chi connectivity index (χ3v) is 4.39. The fraction of sp³-hybridized carbons (Fsp3) is 0.500. The summed E-state index contributed by atoms with van der Waals surface area (Å²) in [5, 5.41) is 5.84. The first-order chi connectivity index (χ1) is 10.2. The highest BCUT2D eigenvalue weighted by Crippen LogP contribution is 2.18. The van der Waals surface area contributed by atoms with E-state index < -0.39 is 0 Å². The molecule has 0 unspecified atom stereocenters. The summed E-state index contributed by atoms with van der Waals surface area (Å²) in [4.78, 5) is 19.5. The lowest BCUT2D eigenvalue weighted by molar-refractivity contribution is -0.0138. The minimum Gasteiger partial charge on any atom is -0.378 e. The van der Waals surface area contributed by atoms with Crippen LogP contribution in [0.3, 0.4) is 0 Å². The quantitative estimate of drug-likeness (QED) is 0.786. The number of rotatable bonds is 5. The predicted molar refractivity (Wildman–Crippen MR) is 77.3 cm³/mol. The zero-order valence-electron chi connectivity index (χ0n) is 11.8. The molecule has 21 heavy (non-hydrogen) atoms. The van der Waals surface area contributed by atoms with Crippen LogP contribution in [0.25, 0.3) is 0 Å². The molecule has 1 saturated heterocycles. The maximum absolute atomic E-state index is 12.3. The highest BCUT2D eigenvalue weighted by molar-refractivity contribution is 7.12. The van der Waals surface area contributed by atoms with E-state index in [9.17, 15) is 4.79 Å². The van der Waals surface area contributed by atoms with Gasteiger partial charge in [0.15, 0.2) is 11.6 Å². The summed E-state index contributed by atoms with van der Waals surface area (Å²) in [5.74, 6) is 1.38. The van der Waals surface area contributed by atoms with E-state index in [0.717, 1.165) is 11.4 Å². The summed E-state index contributed by atoms with van der Waals surface area (Å²) in [7, 11) is 0. The van der Waals surface area contributed by atoms with Crippen molar-refractivity contribution in [1.29, 1.82) is 0 Å². The van der Waals surface area contributed by atoms with Crippen molar-refractivity contribution in [3.63, 3.8) is 0 Å². The summed E-state index contributed by atoms with van der Waals surface area (Å²) < 4.78 is 10.5. The van der Waals surface area contributed by atoms with E-state index in [1.165, 1.54) is 11.3 Å². The Kier molecular flexibility index (Phi) is 4.42. The van der Waals surface area contributed by atoms with Gasteiger partial charge < -0.3 is 9.26 Å².